The standard InChI is InChI=1S/C18H17ClN4/c1-2-11-20-17-15-5-3-4-6-16(15)22-18(23-17)21-12-13-7-9-14(19)10-8-13/h2-10H,1,11-12H2,(H2,20,21,22,23). The second-order valence-electron chi connectivity index (χ2n) is 5.06. The summed E-state index contributed by atoms with van der Waals surface area (Å²) in [5.74, 6) is 1.39. The lowest BCUT2D eigenvalue weighted by Gasteiger charge is -2.11. The van der Waals surface area contributed by atoms with Crippen molar-refractivity contribution in [3.05, 3.63) is 71.8 Å². The first-order valence-corrected chi connectivity index (χ1v) is 7.74. The maximum atomic E-state index is 5.90. The van der Waals surface area contributed by atoms with Gasteiger partial charge in [-0.05, 0) is 29.8 Å². The Bertz CT molecular complexity index is 815. The van der Waals surface area contributed by atoms with E-state index in [9.17, 15) is 0 Å². The Balaban J connectivity index is 1.85. The van der Waals surface area contributed by atoms with Gasteiger partial charge in [-0.3, -0.25) is 0 Å². The van der Waals surface area contributed by atoms with Gasteiger partial charge >= 0.3 is 0 Å². The number of para-hydroxylation sites is 1. The minimum absolute atomic E-state index is 0.588. The van der Waals surface area contributed by atoms with Crippen LogP contribution in [0.2, 0.25) is 5.02 Å². The van der Waals surface area contributed by atoms with Crippen LogP contribution in [0.25, 0.3) is 10.9 Å². The van der Waals surface area contributed by atoms with Gasteiger partial charge in [-0.1, -0.05) is 41.9 Å². The van der Waals surface area contributed by atoms with Gasteiger partial charge in [0.2, 0.25) is 5.95 Å². The number of fused-ring (bicyclic) bond motifs is 1. The largest absolute Gasteiger partial charge is 0.366 e. The molecule has 0 spiro atoms. The number of benzene rings is 2. The van der Waals surface area contributed by atoms with Gasteiger partial charge in [-0.15, -0.1) is 6.58 Å². The van der Waals surface area contributed by atoms with Crippen LogP contribution < -0.4 is 10.6 Å². The van der Waals surface area contributed by atoms with Crippen molar-refractivity contribution in [2.24, 2.45) is 0 Å². The van der Waals surface area contributed by atoms with E-state index >= 15 is 0 Å². The maximum absolute atomic E-state index is 5.90. The smallest absolute Gasteiger partial charge is 0.225 e. The topological polar surface area (TPSA) is 49.8 Å². The van der Waals surface area contributed by atoms with E-state index in [1.54, 1.807) is 6.08 Å². The molecule has 4 nitrogen and oxygen atoms in total. The Kier molecular flexibility index (Phi) is 4.74. The molecule has 0 amide bonds. The first-order valence-electron chi connectivity index (χ1n) is 7.36. The van der Waals surface area contributed by atoms with E-state index in [4.69, 9.17) is 11.6 Å². The number of hydrogen-bond acceptors (Lipinski definition) is 4. The molecule has 0 radical (unpaired) electrons. The second-order valence-corrected chi connectivity index (χ2v) is 5.50. The van der Waals surface area contributed by atoms with Crippen LogP contribution >= 0.6 is 11.6 Å². The van der Waals surface area contributed by atoms with Gasteiger partial charge in [0.1, 0.15) is 5.82 Å². The van der Waals surface area contributed by atoms with Crippen molar-refractivity contribution in [1.82, 2.24) is 9.97 Å². The third-order valence-electron chi connectivity index (χ3n) is 3.38. The molecule has 0 aliphatic rings. The summed E-state index contributed by atoms with van der Waals surface area (Å²) in [5, 5.41) is 8.24. The van der Waals surface area contributed by atoms with Crippen LogP contribution in [0, 0.1) is 0 Å². The number of nitrogens with zero attached hydrogens (tertiary/aromatic N) is 2. The van der Waals surface area contributed by atoms with Crippen LogP contribution in [0.15, 0.2) is 61.2 Å². The third-order valence-corrected chi connectivity index (χ3v) is 3.63. The highest BCUT2D eigenvalue weighted by Gasteiger charge is 2.06. The zero-order valence-electron chi connectivity index (χ0n) is 12.6. The lowest BCUT2D eigenvalue weighted by atomic mass is 10.2. The van der Waals surface area contributed by atoms with E-state index in [1.165, 1.54) is 0 Å². The van der Waals surface area contributed by atoms with Gasteiger partial charge in [0.05, 0.1) is 5.52 Å². The highest BCUT2D eigenvalue weighted by molar-refractivity contribution is 6.30. The zero-order valence-corrected chi connectivity index (χ0v) is 13.3. The molecule has 0 aliphatic heterocycles. The lowest BCUT2D eigenvalue weighted by Crippen LogP contribution is -2.07. The molecule has 0 atom stereocenters. The second kappa shape index (κ2) is 7.11. The highest BCUT2D eigenvalue weighted by Crippen LogP contribution is 2.22. The number of hydrogen-bond donors (Lipinski definition) is 2. The van der Waals surface area contributed by atoms with E-state index in [1.807, 2.05) is 48.5 Å². The van der Waals surface area contributed by atoms with Gasteiger partial charge in [0.15, 0.2) is 0 Å². The van der Waals surface area contributed by atoms with E-state index in [2.05, 4.69) is 27.2 Å². The van der Waals surface area contributed by atoms with Crippen molar-refractivity contribution >= 4 is 34.3 Å². The summed E-state index contributed by atoms with van der Waals surface area (Å²) in [6.45, 7) is 5.01. The quantitative estimate of drug-likeness (QED) is 0.656. The molecule has 0 bridgehead atoms. The summed E-state index contributed by atoms with van der Waals surface area (Å²) in [7, 11) is 0. The van der Waals surface area contributed by atoms with E-state index in [0.717, 1.165) is 27.3 Å². The number of anilines is 2. The predicted molar refractivity (Wildman–Crippen MR) is 97.0 cm³/mol. The Morgan fingerprint density at radius 2 is 1.78 bits per heavy atom. The van der Waals surface area contributed by atoms with Crippen molar-refractivity contribution in [1.29, 1.82) is 0 Å². The Morgan fingerprint density at radius 1 is 1.00 bits per heavy atom. The minimum atomic E-state index is 0.588. The van der Waals surface area contributed by atoms with Crippen LogP contribution in [0.4, 0.5) is 11.8 Å². The van der Waals surface area contributed by atoms with Crippen LogP contribution in [0.1, 0.15) is 5.56 Å². The molecule has 2 N–H and O–H groups in total. The fourth-order valence-electron chi connectivity index (χ4n) is 2.24. The summed E-state index contributed by atoms with van der Waals surface area (Å²) in [5.41, 5.74) is 2.01. The summed E-state index contributed by atoms with van der Waals surface area (Å²) in [6.07, 6.45) is 1.80. The molecule has 5 heteroatoms. The minimum Gasteiger partial charge on any atom is -0.366 e. The van der Waals surface area contributed by atoms with E-state index in [0.29, 0.717) is 19.0 Å². The van der Waals surface area contributed by atoms with Gasteiger partial charge in [-0.2, -0.15) is 4.98 Å². The third kappa shape index (κ3) is 3.79. The average molecular weight is 325 g/mol. The summed E-state index contributed by atoms with van der Waals surface area (Å²) in [4.78, 5) is 9.13. The molecule has 0 saturated heterocycles. The van der Waals surface area contributed by atoms with Gasteiger partial charge in [0.25, 0.3) is 0 Å². The summed E-state index contributed by atoms with van der Waals surface area (Å²) >= 11 is 5.90. The van der Waals surface area contributed by atoms with Crippen LogP contribution in [-0.4, -0.2) is 16.5 Å². The molecule has 3 aromatic rings. The van der Waals surface area contributed by atoms with Crippen molar-refractivity contribution < 1.29 is 0 Å². The summed E-state index contributed by atoms with van der Waals surface area (Å²) < 4.78 is 0. The molecule has 1 heterocycles. The Hall–Kier alpha value is -2.59. The zero-order chi connectivity index (χ0) is 16.1. The molecule has 116 valence electrons. The van der Waals surface area contributed by atoms with Crippen LogP contribution in [0.5, 0.6) is 0 Å². The molecular weight excluding hydrogens is 308 g/mol. The molecule has 2 aromatic carbocycles. The summed E-state index contributed by atoms with van der Waals surface area (Å²) in [6, 6.07) is 15.6. The van der Waals surface area contributed by atoms with E-state index < -0.39 is 0 Å². The molecule has 0 saturated carbocycles. The molecule has 0 aliphatic carbocycles. The molecular formula is C18H17ClN4. The van der Waals surface area contributed by atoms with Gasteiger partial charge < -0.3 is 10.6 Å². The molecule has 1 aromatic heterocycles. The molecule has 0 fully saturated rings. The monoisotopic (exact) mass is 324 g/mol. The number of aromatic nitrogens is 2. The maximum Gasteiger partial charge on any atom is 0.225 e. The normalized spacial score (nSPS) is 10.5. The van der Waals surface area contributed by atoms with Crippen molar-refractivity contribution in [2.75, 3.05) is 17.2 Å². The first-order chi connectivity index (χ1) is 11.3. The SMILES string of the molecule is C=CCNc1nc(NCc2ccc(Cl)cc2)nc2ccccc12. The molecule has 0 unspecified atom stereocenters. The molecule has 23 heavy (non-hydrogen) atoms. The van der Waals surface area contributed by atoms with E-state index in [-0.39, 0.29) is 0 Å². The lowest BCUT2D eigenvalue weighted by molar-refractivity contribution is 1.07. The number of rotatable bonds is 6. The number of nitrogens with one attached hydrogen (secondary N) is 2. The Morgan fingerprint density at radius 3 is 2.57 bits per heavy atom. The average Bonchev–Trinajstić information content (AvgIpc) is 2.59. The van der Waals surface area contributed by atoms with Gasteiger partial charge in [0, 0.05) is 23.5 Å². The number of halogens is 1. The van der Waals surface area contributed by atoms with Crippen molar-refractivity contribution in [2.45, 2.75) is 6.54 Å². The first kappa shape index (κ1) is 15.3. The Labute approximate surface area is 140 Å². The van der Waals surface area contributed by atoms with Crippen LogP contribution in [-0.2, 0) is 6.54 Å². The fraction of sp³-hybridized carbons (Fsp3) is 0.111. The molecule has 3 rings (SSSR count). The highest BCUT2D eigenvalue weighted by atomic mass is 35.5. The van der Waals surface area contributed by atoms with Crippen LogP contribution in [0.3, 0.4) is 0 Å². The predicted octanol–water partition coefficient (Wildman–Crippen LogP) is 4.49. The van der Waals surface area contributed by atoms with Crippen molar-refractivity contribution in [3.63, 3.8) is 0 Å². The van der Waals surface area contributed by atoms with Gasteiger partial charge in [-0.25, -0.2) is 4.98 Å². The fourth-order valence-corrected chi connectivity index (χ4v) is 2.37. The van der Waals surface area contributed by atoms with Crippen molar-refractivity contribution in [3.8, 4) is 0 Å².